The molecule has 0 amide bonds. The quantitative estimate of drug-likeness (QED) is 0.650. The lowest BCUT2D eigenvalue weighted by atomic mass is 10.0. The second-order valence-electron chi connectivity index (χ2n) is 4.67. The molecule has 110 valence electrons. The molecule has 0 aliphatic rings. The molecule has 0 aliphatic carbocycles. The topological polar surface area (TPSA) is 81.0 Å². The molecule has 1 aromatic carbocycles. The number of nitrogens with zero attached hydrogens (tertiary/aromatic N) is 3. The Hall–Kier alpha value is -2.50. The van der Waals surface area contributed by atoms with E-state index in [0.29, 0.717) is 18.2 Å². The van der Waals surface area contributed by atoms with E-state index in [9.17, 15) is 10.1 Å². The Morgan fingerprint density at radius 1 is 1.33 bits per heavy atom. The Morgan fingerprint density at radius 2 is 2.14 bits per heavy atom. The SMILES string of the molecule is CCCc1cccc(-c2nc(NCC)ncc2[N+](=O)[O-])c1. The molecule has 2 aromatic rings. The van der Waals surface area contributed by atoms with E-state index in [1.165, 1.54) is 6.20 Å². The standard InChI is InChI=1S/C15H18N4O2/c1-3-6-11-7-5-8-12(9-11)14-13(19(20)21)10-17-15(18-14)16-4-2/h5,7-10H,3-4,6H2,1-2H3,(H,16,17,18). The third-order valence-electron chi connectivity index (χ3n) is 3.04. The van der Waals surface area contributed by atoms with Crippen LogP contribution in [-0.4, -0.2) is 21.4 Å². The highest BCUT2D eigenvalue weighted by Gasteiger charge is 2.19. The van der Waals surface area contributed by atoms with Gasteiger partial charge in [-0.2, -0.15) is 0 Å². The van der Waals surface area contributed by atoms with Crippen molar-refractivity contribution >= 4 is 11.6 Å². The molecule has 0 saturated carbocycles. The molecule has 0 fully saturated rings. The lowest BCUT2D eigenvalue weighted by molar-refractivity contribution is -0.384. The van der Waals surface area contributed by atoms with Crippen LogP contribution in [0.1, 0.15) is 25.8 Å². The molecular formula is C15H18N4O2. The van der Waals surface area contributed by atoms with Gasteiger partial charge >= 0.3 is 5.69 Å². The van der Waals surface area contributed by atoms with E-state index in [1.807, 2.05) is 31.2 Å². The van der Waals surface area contributed by atoms with Gasteiger partial charge in [0.1, 0.15) is 6.20 Å². The van der Waals surface area contributed by atoms with Gasteiger partial charge in [-0.25, -0.2) is 9.97 Å². The van der Waals surface area contributed by atoms with Crippen molar-refractivity contribution in [1.29, 1.82) is 0 Å². The molecule has 0 saturated heterocycles. The van der Waals surface area contributed by atoms with Crippen LogP contribution in [0, 0.1) is 10.1 Å². The summed E-state index contributed by atoms with van der Waals surface area (Å²) in [7, 11) is 0. The number of aromatic nitrogens is 2. The number of hydrogen-bond acceptors (Lipinski definition) is 5. The molecule has 6 nitrogen and oxygen atoms in total. The smallest absolute Gasteiger partial charge is 0.313 e. The Kier molecular flexibility index (Phi) is 4.81. The number of aryl methyl sites for hydroxylation is 1. The molecular weight excluding hydrogens is 268 g/mol. The number of anilines is 1. The van der Waals surface area contributed by atoms with Gasteiger partial charge in [0.25, 0.3) is 0 Å². The molecule has 0 spiro atoms. The van der Waals surface area contributed by atoms with Gasteiger partial charge in [-0.15, -0.1) is 0 Å². The highest BCUT2D eigenvalue weighted by Crippen LogP contribution is 2.28. The molecule has 21 heavy (non-hydrogen) atoms. The van der Waals surface area contributed by atoms with Crippen molar-refractivity contribution in [2.24, 2.45) is 0 Å². The van der Waals surface area contributed by atoms with Crippen LogP contribution >= 0.6 is 0 Å². The van der Waals surface area contributed by atoms with E-state index in [0.717, 1.165) is 24.0 Å². The first-order valence-corrected chi connectivity index (χ1v) is 7.00. The highest BCUT2D eigenvalue weighted by atomic mass is 16.6. The molecule has 0 atom stereocenters. The first-order chi connectivity index (χ1) is 10.2. The fourth-order valence-corrected chi connectivity index (χ4v) is 2.13. The van der Waals surface area contributed by atoms with Crippen molar-refractivity contribution in [3.63, 3.8) is 0 Å². The number of nitro groups is 1. The summed E-state index contributed by atoms with van der Waals surface area (Å²) < 4.78 is 0. The second kappa shape index (κ2) is 6.78. The van der Waals surface area contributed by atoms with Crippen LogP contribution in [0.15, 0.2) is 30.5 Å². The van der Waals surface area contributed by atoms with Crippen molar-refractivity contribution in [3.8, 4) is 11.3 Å². The van der Waals surface area contributed by atoms with E-state index < -0.39 is 4.92 Å². The predicted octanol–water partition coefficient (Wildman–Crippen LogP) is 3.44. The maximum atomic E-state index is 11.2. The van der Waals surface area contributed by atoms with Crippen molar-refractivity contribution in [1.82, 2.24) is 9.97 Å². The second-order valence-corrected chi connectivity index (χ2v) is 4.67. The minimum Gasteiger partial charge on any atom is -0.354 e. The van der Waals surface area contributed by atoms with E-state index in [-0.39, 0.29) is 5.69 Å². The molecule has 0 bridgehead atoms. The summed E-state index contributed by atoms with van der Waals surface area (Å²) in [4.78, 5) is 19.0. The van der Waals surface area contributed by atoms with Gasteiger partial charge in [-0.05, 0) is 25.0 Å². The van der Waals surface area contributed by atoms with E-state index in [4.69, 9.17) is 0 Å². The summed E-state index contributed by atoms with van der Waals surface area (Å²) in [6.45, 7) is 4.68. The van der Waals surface area contributed by atoms with E-state index in [2.05, 4.69) is 22.2 Å². The normalized spacial score (nSPS) is 10.4. The first-order valence-electron chi connectivity index (χ1n) is 7.00. The fraction of sp³-hybridized carbons (Fsp3) is 0.333. The molecule has 1 aromatic heterocycles. The van der Waals surface area contributed by atoms with E-state index >= 15 is 0 Å². The van der Waals surface area contributed by atoms with Crippen LogP contribution in [0.25, 0.3) is 11.3 Å². The lowest BCUT2D eigenvalue weighted by Gasteiger charge is -2.07. The van der Waals surface area contributed by atoms with Gasteiger partial charge in [0.2, 0.25) is 5.95 Å². The van der Waals surface area contributed by atoms with E-state index in [1.54, 1.807) is 0 Å². The zero-order valence-corrected chi connectivity index (χ0v) is 12.2. The van der Waals surface area contributed by atoms with Crippen molar-refractivity contribution in [3.05, 3.63) is 46.1 Å². The maximum absolute atomic E-state index is 11.2. The number of nitrogens with one attached hydrogen (secondary N) is 1. The van der Waals surface area contributed by atoms with Gasteiger partial charge in [-0.3, -0.25) is 10.1 Å². The highest BCUT2D eigenvalue weighted by molar-refractivity contribution is 5.70. The molecule has 1 N–H and O–H groups in total. The summed E-state index contributed by atoms with van der Waals surface area (Å²) >= 11 is 0. The minimum absolute atomic E-state index is 0.0784. The number of benzene rings is 1. The predicted molar refractivity (Wildman–Crippen MR) is 82.3 cm³/mol. The number of hydrogen-bond donors (Lipinski definition) is 1. The van der Waals surface area contributed by atoms with Crippen molar-refractivity contribution in [2.45, 2.75) is 26.7 Å². The Balaban J connectivity index is 2.51. The zero-order valence-electron chi connectivity index (χ0n) is 12.2. The largest absolute Gasteiger partial charge is 0.354 e. The monoisotopic (exact) mass is 286 g/mol. The molecule has 1 heterocycles. The molecule has 0 unspecified atom stereocenters. The summed E-state index contributed by atoms with van der Waals surface area (Å²) in [5, 5.41) is 14.2. The van der Waals surface area contributed by atoms with Gasteiger partial charge < -0.3 is 5.32 Å². The van der Waals surface area contributed by atoms with Gasteiger partial charge in [-0.1, -0.05) is 31.5 Å². The Morgan fingerprint density at radius 3 is 2.81 bits per heavy atom. The van der Waals surface area contributed by atoms with Gasteiger partial charge in [0.05, 0.1) is 4.92 Å². The lowest BCUT2D eigenvalue weighted by Crippen LogP contribution is -2.05. The Bertz CT molecular complexity index is 643. The summed E-state index contributed by atoms with van der Waals surface area (Å²) in [5.74, 6) is 0.402. The zero-order chi connectivity index (χ0) is 15.2. The van der Waals surface area contributed by atoms with Gasteiger partial charge in [0, 0.05) is 12.1 Å². The van der Waals surface area contributed by atoms with Gasteiger partial charge in [0.15, 0.2) is 5.69 Å². The average molecular weight is 286 g/mol. The van der Waals surface area contributed by atoms with Crippen LogP contribution in [0.4, 0.5) is 11.6 Å². The fourth-order valence-electron chi connectivity index (χ4n) is 2.13. The van der Waals surface area contributed by atoms with Crippen molar-refractivity contribution < 1.29 is 4.92 Å². The molecule has 0 aliphatic heterocycles. The van der Waals surface area contributed by atoms with Crippen molar-refractivity contribution in [2.75, 3.05) is 11.9 Å². The van der Waals surface area contributed by atoms with Crippen LogP contribution < -0.4 is 5.32 Å². The molecule has 2 rings (SSSR count). The number of rotatable bonds is 6. The van der Waals surface area contributed by atoms with Crippen LogP contribution in [0.3, 0.4) is 0 Å². The van der Waals surface area contributed by atoms with Crippen LogP contribution in [0.2, 0.25) is 0 Å². The molecule has 0 radical (unpaired) electrons. The average Bonchev–Trinajstić information content (AvgIpc) is 2.48. The third kappa shape index (κ3) is 3.53. The Labute approximate surface area is 123 Å². The van der Waals surface area contributed by atoms with Crippen LogP contribution in [-0.2, 0) is 6.42 Å². The summed E-state index contributed by atoms with van der Waals surface area (Å²) in [6, 6.07) is 7.71. The summed E-state index contributed by atoms with van der Waals surface area (Å²) in [6.07, 6.45) is 3.22. The minimum atomic E-state index is -0.447. The first kappa shape index (κ1) is 14.9. The maximum Gasteiger partial charge on any atom is 0.313 e. The third-order valence-corrected chi connectivity index (χ3v) is 3.04. The molecule has 6 heteroatoms. The van der Waals surface area contributed by atoms with Crippen LogP contribution in [0.5, 0.6) is 0 Å². The summed E-state index contributed by atoms with van der Waals surface area (Å²) in [5.41, 5.74) is 2.16.